The van der Waals surface area contributed by atoms with Crippen molar-refractivity contribution in [1.82, 2.24) is 15.0 Å². The van der Waals surface area contributed by atoms with E-state index < -0.39 is 12.6 Å². The Labute approximate surface area is 167 Å². The van der Waals surface area contributed by atoms with Crippen LogP contribution in [0, 0.1) is 20.8 Å². The Hall–Kier alpha value is -3.68. The lowest BCUT2D eigenvalue weighted by molar-refractivity contribution is -0.141. The second-order valence-corrected chi connectivity index (χ2v) is 6.55. The molecule has 0 atom stereocenters. The van der Waals surface area contributed by atoms with Gasteiger partial charge >= 0.3 is 5.97 Å². The number of aryl methyl sites for hydroxylation is 2. The molecule has 2 heterocycles. The molecule has 0 bridgehead atoms. The molecule has 8 heteroatoms. The first-order valence-corrected chi connectivity index (χ1v) is 9.01. The predicted octanol–water partition coefficient (Wildman–Crippen LogP) is 2.55. The minimum absolute atomic E-state index is 0.321. The van der Waals surface area contributed by atoms with E-state index in [1.165, 1.54) is 0 Å². The summed E-state index contributed by atoms with van der Waals surface area (Å²) in [5.41, 5.74) is 2.35. The maximum absolute atomic E-state index is 12.5. The Bertz CT molecular complexity index is 1050. The van der Waals surface area contributed by atoms with Crippen LogP contribution in [0.2, 0.25) is 0 Å². The van der Waals surface area contributed by atoms with Gasteiger partial charge in [0.15, 0.2) is 12.4 Å². The van der Waals surface area contributed by atoms with Crippen LogP contribution in [-0.4, -0.2) is 40.5 Å². The van der Waals surface area contributed by atoms with Gasteiger partial charge in [0.05, 0.1) is 0 Å². The van der Waals surface area contributed by atoms with Crippen molar-refractivity contribution in [2.24, 2.45) is 0 Å². The maximum atomic E-state index is 12.5. The van der Waals surface area contributed by atoms with Gasteiger partial charge in [0.1, 0.15) is 12.3 Å². The fourth-order valence-electron chi connectivity index (χ4n) is 2.98. The van der Waals surface area contributed by atoms with Crippen LogP contribution in [0.1, 0.15) is 37.9 Å². The van der Waals surface area contributed by atoms with Crippen molar-refractivity contribution in [3.05, 3.63) is 70.7 Å². The average Bonchev–Trinajstić information content (AvgIpc) is 3.26. The second-order valence-electron chi connectivity index (χ2n) is 6.55. The number of carbonyl (C=O) groups is 3. The van der Waals surface area contributed by atoms with Crippen LogP contribution < -0.4 is 5.32 Å². The molecule has 0 aliphatic heterocycles. The number of amides is 1. The standard InChI is InChI=1S/C21H21N3O5/c1-13-9-17(15(3)24(13)19-10-14(2)29-23-19)18(25)12-28-20(26)11-22-21(27)16-7-5-4-6-8-16/h4-10H,11-12H2,1-3H3,(H,22,27). The largest absolute Gasteiger partial charge is 0.456 e. The van der Waals surface area contributed by atoms with Crippen LogP contribution in [0.3, 0.4) is 0 Å². The summed E-state index contributed by atoms with van der Waals surface area (Å²) in [7, 11) is 0. The number of nitrogens with one attached hydrogen (secondary N) is 1. The van der Waals surface area contributed by atoms with Gasteiger partial charge in [0.25, 0.3) is 5.91 Å². The quantitative estimate of drug-likeness (QED) is 0.487. The molecule has 0 aliphatic rings. The second kappa shape index (κ2) is 8.55. The van der Waals surface area contributed by atoms with E-state index in [9.17, 15) is 14.4 Å². The van der Waals surface area contributed by atoms with E-state index in [-0.39, 0.29) is 18.2 Å². The molecule has 1 amide bonds. The Balaban J connectivity index is 1.57. The van der Waals surface area contributed by atoms with Crippen molar-refractivity contribution in [1.29, 1.82) is 0 Å². The van der Waals surface area contributed by atoms with Gasteiger partial charge in [-0.25, -0.2) is 0 Å². The van der Waals surface area contributed by atoms with Gasteiger partial charge in [-0.05, 0) is 39.0 Å². The lowest BCUT2D eigenvalue weighted by Gasteiger charge is -2.07. The molecule has 0 aliphatic carbocycles. The van der Waals surface area contributed by atoms with E-state index in [0.717, 1.165) is 5.69 Å². The molecule has 29 heavy (non-hydrogen) atoms. The Kier molecular flexibility index (Phi) is 5.92. The highest BCUT2D eigenvalue weighted by Gasteiger charge is 2.19. The molecular formula is C21H21N3O5. The molecule has 2 aromatic heterocycles. The zero-order valence-corrected chi connectivity index (χ0v) is 16.4. The molecule has 150 valence electrons. The van der Waals surface area contributed by atoms with Gasteiger partial charge in [-0.1, -0.05) is 23.4 Å². The van der Waals surface area contributed by atoms with Gasteiger partial charge in [-0.2, -0.15) is 0 Å². The Morgan fingerprint density at radius 2 is 1.83 bits per heavy atom. The molecule has 0 spiro atoms. The monoisotopic (exact) mass is 395 g/mol. The fraction of sp³-hybridized carbons (Fsp3) is 0.238. The average molecular weight is 395 g/mol. The number of hydrogen-bond donors (Lipinski definition) is 1. The van der Waals surface area contributed by atoms with Crippen molar-refractivity contribution in [2.45, 2.75) is 20.8 Å². The van der Waals surface area contributed by atoms with E-state index in [0.29, 0.717) is 28.4 Å². The molecule has 3 rings (SSSR count). The molecular weight excluding hydrogens is 374 g/mol. The third-order valence-electron chi connectivity index (χ3n) is 4.37. The minimum atomic E-state index is -0.691. The van der Waals surface area contributed by atoms with Gasteiger partial charge in [0.2, 0.25) is 5.78 Å². The van der Waals surface area contributed by atoms with Crippen molar-refractivity contribution in [2.75, 3.05) is 13.2 Å². The molecule has 0 fully saturated rings. The fourth-order valence-corrected chi connectivity index (χ4v) is 2.98. The maximum Gasteiger partial charge on any atom is 0.325 e. The lowest BCUT2D eigenvalue weighted by atomic mass is 10.1. The molecule has 3 aromatic rings. The van der Waals surface area contributed by atoms with E-state index in [2.05, 4.69) is 10.5 Å². The van der Waals surface area contributed by atoms with E-state index in [4.69, 9.17) is 9.26 Å². The highest BCUT2D eigenvalue weighted by molar-refractivity contribution is 6.00. The summed E-state index contributed by atoms with van der Waals surface area (Å²) in [5.74, 6) is -0.180. The number of benzene rings is 1. The summed E-state index contributed by atoms with van der Waals surface area (Å²) < 4.78 is 11.9. The van der Waals surface area contributed by atoms with Crippen molar-refractivity contribution in [3.8, 4) is 5.82 Å². The first kappa shape index (κ1) is 20.1. The summed E-state index contributed by atoms with van der Waals surface area (Å²) in [4.78, 5) is 36.3. The normalized spacial score (nSPS) is 10.6. The summed E-state index contributed by atoms with van der Waals surface area (Å²) in [6, 6.07) is 12.0. The topological polar surface area (TPSA) is 103 Å². The predicted molar refractivity (Wildman–Crippen MR) is 104 cm³/mol. The van der Waals surface area contributed by atoms with Crippen LogP contribution in [-0.2, 0) is 9.53 Å². The third-order valence-corrected chi connectivity index (χ3v) is 4.37. The number of aromatic nitrogens is 2. The summed E-state index contributed by atoms with van der Waals surface area (Å²) in [6.07, 6.45) is 0. The molecule has 0 radical (unpaired) electrons. The first-order valence-electron chi connectivity index (χ1n) is 9.01. The van der Waals surface area contributed by atoms with Gasteiger partial charge in [0, 0.05) is 28.6 Å². The zero-order valence-electron chi connectivity index (χ0n) is 16.4. The lowest BCUT2D eigenvalue weighted by Crippen LogP contribution is -2.31. The van der Waals surface area contributed by atoms with E-state index in [1.54, 1.807) is 60.9 Å². The molecule has 1 aromatic carbocycles. The molecule has 0 saturated carbocycles. The first-order chi connectivity index (χ1) is 13.9. The highest BCUT2D eigenvalue weighted by Crippen LogP contribution is 2.21. The van der Waals surface area contributed by atoms with E-state index in [1.807, 2.05) is 6.92 Å². The molecule has 0 saturated heterocycles. The van der Waals surface area contributed by atoms with Crippen LogP contribution in [0.4, 0.5) is 0 Å². The summed E-state index contributed by atoms with van der Waals surface area (Å²) in [5, 5.41) is 6.43. The van der Waals surface area contributed by atoms with Gasteiger partial charge < -0.3 is 14.6 Å². The Morgan fingerprint density at radius 1 is 1.10 bits per heavy atom. The number of esters is 1. The molecule has 8 nitrogen and oxygen atoms in total. The number of rotatable bonds is 7. The van der Waals surface area contributed by atoms with Crippen molar-refractivity contribution in [3.63, 3.8) is 0 Å². The van der Waals surface area contributed by atoms with Crippen molar-refractivity contribution < 1.29 is 23.6 Å². The van der Waals surface area contributed by atoms with Crippen molar-refractivity contribution >= 4 is 17.7 Å². The number of carbonyl (C=O) groups excluding carboxylic acids is 3. The smallest absolute Gasteiger partial charge is 0.325 e. The highest BCUT2D eigenvalue weighted by atomic mass is 16.5. The molecule has 0 unspecified atom stereocenters. The number of nitrogens with zero attached hydrogens (tertiary/aromatic N) is 2. The number of ether oxygens (including phenoxy) is 1. The minimum Gasteiger partial charge on any atom is -0.456 e. The van der Waals surface area contributed by atoms with Crippen LogP contribution in [0.25, 0.3) is 5.82 Å². The number of ketones is 1. The summed E-state index contributed by atoms with van der Waals surface area (Å²) in [6.45, 7) is 4.68. The number of Topliss-reactive ketones (excluding diaryl/α,β-unsaturated/α-hetero) is 1. The molecule has 1 N–H and O–H groups in total. The van der Waals surface area contributed by atoms with Gasteiger partial charge in [-0.3, -0.25) is 19.0 Å². The SMILES string of the molecule is Cc1cc(-n2c(C)cc(C(=O)COC(=O)CNC(=O)c3ccccc3)c2C)no1. The summed E-state index contributed by atoms with van der Waals surface area (Å²) >= 11 is 0. The Morgan fingerprint density at radius 3 is 2.48 bits per heavy atom. The van der Waals surface area contributed by atoms with E-state index >= 15 is 0 Å². The third kappa shape index (κ3) is 4.60. The number of hydrogen-bond acceptors (Lipinski definition) is 6. The van der Waals surface area contributed by atoms with Gasteiger partial charge in [-0.15, -0.1) is 0 Å². The van der Waals surface area contributed by atoms with Crippen LogP contribution in [0.5, 0.6) is 0 Å². The van der Waals surface area contributed by atoms with Crippen LogP contribution >= 0.6 is 0 Å². The van der Waals surface area contributed by atoms with Crippen LogP contribution in [0.15, 0.2) is 47.0 Å². The zero-order chi connectivity index (χ0) is 21.0.